The fourth-order valence-electron chi connectivity index (χ4n) is 2.64. The van der Waals surface area contributed by atoms with Gasteiger partial charge in [0.15, 0.2) is 0 Å². The van der Waals surface area contributed by atoms with Crippen LogP contribution in [0.1, 0.15) is 25.3 Å². The monoisotopic (exact) mass is 208 g/mol. The van der Waals surface area contributed by atoms with E-state index < -0.39 is 6.71 Å². The van der Waals surface area contributed by atoms with E-state index in [1.807, 2.05) is 6.07 Å². The summed E-state index contributed by atoms with van der Waals surface area (Å²) in [6.45, 7) is -0.216. The molecule has 0 amide bonds. The molecule has 1 saturated heterocycles. The van der Waals surface area contributed by atoms with Crippen molar-refractivity contribution in [2.24, 2.45) is 0 Å². The van der Waals surface area contributed by atoms with Crippen LogP contribution in [-0.2, 0) is 16.7 Å². The van der Waals surface area contributed by atoms with E-state index in [1.54, 1.807) is 6.07 Å². The summed E-state index contributed by atoms with van der Waals surface area (Å²) < 4.78 is 26.5. The normalized spacial score (nSPS) is 35.3. The van der Waals surface area contributed by atoms with Gasteiger partial charge in [0, 0.05) is 0 Å². The Morgan fingerprint density at radius 2 is 2.47 bits per heavy atom. The number of nitrogens with one attached hydrogen (secondary N) is 1. The fraction of sp³-hybridized carbons (Fsp3) is 0.500. The van der Waals surface area contributed by atoms with Crippen LogP contribution in [0.4, 0.5) is 4.39 Å². The molecule has 2 atom stereocenters. The Morgan fingerprint density at radius 3 is 3.27 bits per heavy atom. The molecule has 1 heterocycles. The highest BCUT2D eigenvalue weighted by Gasteiger charge is 2.40. The zero-order valence-corrected chi connectivity index (χ0v) is 8.42. The molecule has 2 aliphatic rings. The van der Waals surface area contributed by atoms with E-state index in [0.29, 0.717) is 6.61 Å². The molecular weight excluding hydrogens is 193 g/mol. The van der Waals surface area contributed by atoms with Crippen molar-refractivity contribution in [3.8, 4) is 0 Å². The molecule has 1 aromatic carbocycles. The van der Waals surface area contributed by atoms with Crippen LogP contribution in [0.15, 0.2) is 18.2 Å². The van der Waals surface area contributed by atoms with Crippen LogP contribution in [0.5, 0.6) is 0 Å². The molecule has 1 spiro atoms. The standard InChI is InChI=1S/C12H14FNO/c13-11-5-1-4-10-9(11)3-2-6-12(10)7-15-8-14-12/h1,4-5,14H,2-3,6-8H2/i8D/t8-,12?/m0/s1. The summed E-state index contributed by atoms with van der Waals surface area (Å²) >= 11 is 0. The highest BCUT2D eigenvalue weighted by Crippen LogP contribution is 2.38. The third-order valence-electron chi connectivity index (χ3n) is 3.41. The Labute approximate surface area is 89.8 Å². The average molecular weight is 208 g/mol. The van der Waals surface area contributed by atoms with Crippen molar-refractivity contribution >= 4 is 0 Å². The second-order valence-electron chi connectivity index (χ2n) is 4.27. The van der Waals surface area contributed by atoms with Gasteiger partial charge >= 0.3 is 0 Å². The molecule has 1 fully saturated rings. The van der Waals surface area contributed by atoms with Gasteiger partial charge in [0.25, 0.3) is 0 Å². The molecule has 2 nitrogen and oxygen atoms in total. The van der Waals surface area contributed by atoms with Gasteiger partial charge in [-0.15, -0.1) is 0 Å². The van der Waals surface area contributed by atoms with Gasteiger partial charge in [0.2, 0.25) is 0 Å². The van der Waals surface area contributed by atoms with Crippen LogP contribution in [0.25, 0.3) is 0 Å². The van der Waals surface area contributed by atoms with E-state index in [4.69, 9.17) is 6.11 Å². The lowest BCUT2D eigenvalue weighted by atomic mass is 9.77. The lowest BCUT2D eigenvalue weighted by Crippen LogP contribution is -2.42. The maximum atomic E-state index is 13.7. The lowest BCUT2D eigenvalue weighted by molar-refractivity contribution is 0.171. The summed E-state index contributed by atoms with van der Waals surface area (Å²) in [5, 5.41) is 3.13. The van der Waals surface area contributed by atoms with Crippen molar-refractivity contribution < 1.29 is 10.5 Å². The van der Waals surface area contributed by atoms with Gasteiger partial charge in [-0.1, -0.05) is 12.1 Å². The van der Waals surface area contributed by atoms with Gasteiger partial charge in [-0.2, -0.15) is 0 Å². The Hall–Kier alpha value is -0.930. The zero-order chi connectivity index (χ0) is 11.2. The zero-order valence-electron chi connectivity index (χ0n) is 9.42. The summed E-state index contributed by atoms with van der Waals surface area (Å²) in [7, 11) is 0. The van der Waals surface area contributed by atoms with Crippen LogP contribution in [0.2, 0.25) is 0 Å². The van der Waals surface area contributed by atoms with Crippen molar-refractivity contribution in [1.29, 1.82) is 0 Å². The van der Waals surface area contributed by atoms with E-state index in [2.05, 4.69) is 5.32 Å². The van der Waals surface area contributed by atoms with Gasteiger partial charge in [-0.3, -0.25) is 5.32 Å². The molecule has 0 radical (unpaired) electrons. The molecule has 1 unspecified atom stereocenters. The molecular formula is C12H14FNO. The minimum absolute atomic E-state index is 0.133. The maximum Gasteiger partial charge on any atom is 0.126 e. The second-order valence-corrected chi connectivity index (χ2v) is 4.27. The van der Waals surface area contributed by atoms with Gasteiger partial charge in [0.1, 0.15) is 5.82 Å². The highest BCUT2D eigenvalue weighted by atomic mass is 19.1. The van der Waals surface area contributed by atoms with Crippen LogP contribution < -0.4 is 5.32 Å². The first-order valence-corrected chi connectivity index (χ1v) is 5.31. The van der Waals surface area contributed by atoms with Crippen molar-refractivity contribution in [2.75, 3.05) is 13.3 Å². The van der Waals surface area contributed by atoms with Crippen molar-refractivity contribution in [1.82, 2.24) is 5.32 Å². The molecule has 0 aromatic heterocycles. The van der Waals surface area contributed by atoms with E-state index in [0.717, 1.165) is 30.4 Å². The SMILES string of the molecule is [2H][C@H]1NC2(CCCc3c(F)cccc32)CO1. The van der Waals surface area contributed by atoms with Gasteiger partial charge in [0.05, 0.1) is 20.2 Å². The predicted octanol–water partition coefficient (Wildman–Crippen LogP) is 1.93. The van der Waals surface area contributed by atoms with Crippen LogP contribution in [-0.4, -0.2) is 13.3 Å². The smallest absolute Gasteiger partial charge is 0.126 e. The minimum atomic E-state index is -0.686. The summed E-state index contributed by atoms with van der Waals surface area (Å²) in [4.78, 5) is 0. The molecule has 1 aliphatic heterocycles. The molecule has 0 saturated carbocycles. The van der Waals surface area contributed by atoms with Crippen LogP contribution in [0, 0.1) is 5.82 Å². The van der Waals surface area contributed by atoms with E-state index in [9.17, 15) is 4.39 Å². The summed E-state index contributed by atoms with van der Waals surface area (Å²) in [6, 6.07) is 5.19. The number of halogens is 1. The second kappa shape index (κ2) is 3.29. The minimum Gasteiger partial charge on any atom is -0.364 e. The Kier molecular flexibility index (Phi) is 1.81. The summed E-state index contributed by atoms with van der Waals surface area (Å²) in [6.07, 6.45) is 2.64. The molecule has 3 heteroatoms. The summed E-state index contributed by atoms with van der Waals surface area (Å²) in [5.41, 5.74) is 1.44. The van der Waals surface area contributed by atoms with Crippen molar-refractivity contribution in [2.45, 2.75) is 24.8 Å². The predicted molar refractivity (Wildman–Crippen MR) is 55.0 cm³/mol. The first-order valence-electron chi connectivity index (χ1n) is 5.88. The molecule has 80 valence electrons. The van der Waals surface area contributed by atoms with E-state index in [1.165, 1.54) is 6.07 Å². The maximum absolute atomic E-state index is 13.7. The van der Waals surface area contributed by atoms with E-state index in [-0.39, 0.29) is 11.4 Å². The number of ether oxygens (including phenoxy) is 1. The number of rotatable bonds is 0. The molecule has 1 N–H and O–H groups in total. The quantitative estimate of drug-likeness (QED) is 0.703. The average Bonchev–Trinajstić information content (AvgIpc) is 2.63. The van der Waals surface area contributed by atoms with Crippen molar-refractivity contribution in [3.05, 3.63) is 35.1 Å². The lowest BCUT2D eigenvalue weighted by Gasteiger charge is -2.34. The number of hydrogen-bond donors (Lipinski definition) is 1. The molecule has 1 aromatic rings. The molecule has 3 rings (SSSR count). The van der Waals surface area contributed by atoms with Crippen LogP contribution in [0.3, 0.4) is 0 Å². The number of fused-ring (bicyclic) bond motifs is 2. The number of benzene rings is 1. The van der Waals surface area contributed by atoms with E-state index >= 15 is 0 Å². The van der Waals surface area contributed by atoms with Gasteiger partial charge in [-0.05, 0) is 36.5 Å². The number of hydrogen-bond acceptors (Lipinski definition) is 2. The summed E-state index contributed by atoms with van der Waals surface area (Å²) in [5.74, 6) is -0.133. The van der Waals surface area contributed by atoms with Crippen LogP contribution >= 0.6 is 0 Å². The molecule has 1 aliphatic carbocycles. The van der Waals surface area contributed by atoms with Gasteiger partial charge < -0.3 is 4.74 Å². The topological polar surface area (TPSA) is 21.3 Å². The Morgan fingerprint density at radius 1 is 1.53 bits per heavy atom. The molecule has 0 bridgehead atoms. The molecule has 15 heavy (non-hydrogen) atoms. The highest BCUT2D eigenvalue weighted by molar-refractivity contribution is 5.37. The van der Waals surface area contributed by atoms with Gasteiger partial charge in [-0.25, -0.2) is 4.39 Å². The Balaban J connectivity index is 2.10. The van der Waals surface area contributed by atoms with Crippen molar-refractivity contribution in [3.63, 3.8) is 0 Å². The Bertz CT molecular complexity index is 425. The first kappa shape index (κ1) is 8.25. The third kappa shape index (κ3) is 1.30. The largest absolute Gasteiger partial charge is 0.364 e. The third-order valence-corrected chi connectivity index (χ3v) is 3.41. The fourth-order valence-corrected chi connectivity index (χ4v) is 2.64. The first-order chi connectivity index (χ1) is 7.71.